The summed E-state index contributed by atoms with van der Waals surface area (Å²) in [6.45, 7) is 7.63. The molecule has 3 rings (SSSR count). The number of carbonyl (C=O) groups excluding carboxylic acids is 1. The first-order chi connectivity index (χ1) is 11.0. The first-order valence-corrected chi connectivity index (χ1v) is 10.1. The van der Waals surface area contributed by atoms with Crippen molar-refractivity contribution in [3.05, 3.63) is 10.6 Å². The Morgan fingerprint density at radius 3 is 2.83 bits per heavy atom. The molecule has 2 bridgehead atoms. The zero-order chi connectivity index (χ0) is 16.6. The number of carbonyl (C=O) groups is 1. The van der Waals surface area contributed by atoms with Crippen LogP contribution in [-0.2, 0) is 4.74 Å². The van der Waals surface area contributed by atoms with Crippen LogP contribution in [0, 0.1) is 23.7 Å². The zero-order valence-electron chi connectivity index (χ0n) is 14.6. The highest BCUT2D eigenvalue weighted by Crippen LogP contribution is 2.39. The van der Waals surface area contributed by atoms with E-state index in [2.05, 4.69) is 42.8 Å². The summed E-state index contributed by atoms with van der Waals surface area (Å²) >= 11 is 3.67. The Balaban J connectivity index is 1.67. The smallest absolute Gasteiger partial charge is 0.410 e. The van der Waals surface area contributed by atoms with Crippen molar-refractivity contribution in [2.75, 3.05) is 6.54 Å². The van der Waals surface area contributed by atoms with Crippen molar-refractivity contribution < 1.29 is 9.53 Å². The molecule has 1 aliphatic heterocycles. The van der Waals surface area contributed by atoms with Crippen LogP contribution in [0.5, 0.6) is 0 Å². The Morgan fingerprint density at radius 2 is 2.09 bits per heavy atom. The lowest BCUT2D eigenvalue weighted by Gasteiger charge is -2.43. The number of hydrogen-bond donors (Lipinski definition) is 0. The standard InChI is InChI=1S/C19H30BrNO2/c1-12(2)15-6-4-13(3)10-18(15)23-19(22)21-9-8-14-5-7-16(20)17(21)11-14/h7,12-15,17-18H,4-6,8-11H2,1-3H3/t13-,14-,15+,17+,18-/m1/s1. The average molecular weight is 384 g/mol. The predicted octanol–water partition coefficient (Wildman–Crippen LogP) is 5.35. The minimum absolute atomic E-state index is 0.0922. The van der Waals surface area contributed by atoms with Crippen molar-refractivity contribution in [1.82, 2.24) is 4.90 Å². The molecule has 0 aromatic heterocycles. The lowest BCUT2D eigenvalue weighted by molar-refractivity contribution is -0.0192. The third-order valence-corrected chi connectivity index (χ3v) is 6.98. The molecule has 1 saturated heterocycles. The number of nitrogens with zero attached hydrogens (tertiary/aromatic N) is 1. The third-order valence-electron chi connectivity index (χ3n) is 6.12. The van der Waals surface area contributed by atoms with E-state index in [1.807, 2.05) is 4.90 Å². The van der Waals surface area contributed by atoms with E-state index in [0.29, 0.717) is 17.8 Å². The highest BCUT2D eigenvalue weighted by Gasteiger charge is 2.39. The molecule has 130 valence electrons. The lowest BCUT2D eigenvalue weighted by Crippen LogP contribution is -2.49. The molecule has 2 fully saturated rings. The van der Waals surface area contributed by atoms with E-state index in [9.17, 15) is 4.79 Å². The quantitative estimate of drug-likeness (QED) is 0.643. The van der Waals surface area contributed by atoms with Crippen LogP contribution in [0.4, 0.5) is 4.79 Å². The van der Waals surface area contributed by atoms with Gasteiger partial charge in [0.2, 0.25) is 0 Å². The van der Waals surface area contributed by atoms with Crippen molar-refractivity contribution in [3.63, 3.8) is 0 Å². The second kappa shape index (κ2) is 7.16. The van der Waals surface area contributed by atoms with Gasteiger partial charge in [-0.15, -0.1) is 0 Å². The van der Waals surface area contributed by atoms with Crippen molar-refractivity contribution in [1.29, 1.82) is 0 Å². The molecule has 0 radical (unpaired) electrons. The van der Waals surface area contributed by atoms with Crippen molar-refractivity contribution in [3.8, 4) is 0 Å². The molecule has 1 heterocycles. The molecular weight excluding hydrogens is 354 g/mol. The van der Waals surface area contributed by atoms with Gasteiger partial charge < -0.3 is 9.64 Å². The van der Waals surface area contributed by atoms with E-state index < -0.39 is 0 Å². The summed E-state index contributed by atoms with van der Waals surface area (Å²) in [5.74, 6) is 2.49. The van der Waals surface area contributed by atoms with Gasteiger partial charge in [-0.3, -0.25) is 0 Å². The van der Waals surface area contributed by atoms with Gasteiger partial charge in [0.05, 0.1) is 6.04 Å². The molecule has 4 heteroatoms. The number of fused-ring (bicyclic) bond motifs is 2. The van der Waals surface area contributed by atoms with E-state index in [4.69, 9.17) is 4.74 Å². The minimum atomic E-state index is -0.0922. The van der Waals surface area contributed by atoms with Gasteiger partial charge in [-0.2, -0.15) is 0 Å². The van der Waals surface area contributed by atoms with Gasteiger partial charge in [0.1, 0.15) is 6.10 Å². The van der Waals surface area contributed by atoms with Crippen LogP contribution in [0.25, 0.3) is 0 Å². The minimum Gasteiger partial charge on any atom is -0.446 e. The summed E-state index contributed by atoms with van der Waals surface area (Å²) in [5.41, 5.74) is 0. The second-order valence-corrected chi connectivity index (χ2v) is 9.09. The van der Waals surface area contributed by atoms with Crippen molar-refractivity contribution >= 4 is 22.0 Å². The number of halogens is 1. The van der Waals surface area contributed by atoms with E-state index in [0.717, 1.165) is 38.1 Å². The summed E-state index contributed by atoms with van der Waals surface area (Å²) in [6, 6.07) is 0.202. The van der Waals surface area contributed by atoms with Gasteiger partial charge in [-0.05, 0) is 55.8 Å². The summed E-state index contributed by atoms with van der Waals surface area (Å²) in [5, 5.41) is 0. The number of amides is 1. The highest BCUT2D eigenvalue weighted by molar-refractivity contribution is 9.11. The van der Waals surface area contributed by atoms with Crippen molar-refractivity contribution in [2.45, 2.75) is 71.4 Å². The number of likely N-dealkylation sites (tertiary alicyclic amines) is 1. The largest absolute Gasteiger partial charge is 0.446 e. The summed E-state index contributed by atoms with van der Waals surface area (Å²) in [7, 11) is 0. The Bertz CT molecular complexity index is 476. The Labute approximate surface area is 149 Å². The van der Waals surface area contributed by atoms with Gasteiger partial charge >= 0.3 is 6.09 Å². The molecule has 0 spiro atoms. The molecular formula is C19H30BrNO2. The Hall–Kier alpha value is -0.510. The van der Waals surface area contributed by atoms with Crippen LogP contribution in [0.3, 0.4) is 0 Å². The number of allylic oxidation sites excluding steroid dienone is 1. The van der Waals surface area contributed by atoms with Crippen LogP contribution in [0.2, 0.25) is 0 Å². The lowest BCUT2D eigenvalue weighted by atomic mass is 9.75. The van der Waals surface area contributed by atoms with E-state index in [1.54, 1.807) is 0 Å². The Kier molecular flexibility index (Phi) is 5.39. The van der Waals surface area contributed by atoms with Crippen molar-refractivity contribution in [2.24, 2.45) is 23.7 Å². The maximum absolute atomic E-state index is 12.8. The molecule has 1 amide bonds. The molecule has 2 aliphatic carbocycles. The van der Waals surface area contributed by atoms with Gasteiger partial charge in [0.25, 0.3) is 0 Å². The maximum Gasteiger partial charge on any atom is 0.410 e. The highest BCUT2D eigenvalue weighted by atomic mass is 79.9. The monoisotopic (exact) mass is 383 g/mol. The molecule has 5 atom stereocenters. The number of piperidine rings is 1. The topological polar surface area (TPSA) is 29.5 Å². The van der Waals surface area contributed by atoms with Crippen LogP contribution in [0.1, 0.15) is 59.3 Å². The average Bonchev–Trinajstić information content (AvgIpc) is 2.51. The molecule has 1 saturated carbocycles. The first-order valence-electron chi connectivity index (χ1n) is 9.28. The number of hydrogen-bond acceptors (Lipinski definition) is 2. The van der Waals surface area contributed by atoms with Crippen LogP contribution < -0.4 is 0 Å². The van der Waals surface area contributed by atoms with Gasteiger partial charge in [0, 0.05) is 11.0 Å². The fourth-order valence-electron chi connectivity index (χ4n) is 4.60. The summed E-state index contributed by atoms with van der Waals surface area (Å²) in [6.07, 6.45) is 9.06. The maximum atomic E-state index is 12.8. The van der Waals surface area contributed by atoms with Gasteiger partial charge in [-0.25, -0.2) is 4.79 Å². The fraction of sp³-hybridized carbons (Fsp3) is 0.842. The molecule has 0 N–H and O–H groups in total. The Morgan fingerprint density at radius 1 is 1.30 bits per heavy atom. The fourth-order valence-corrected chi connectivity index (χ4v) is 5.22. The van der Waals surface area contributed by atoms with E-state index in [1.165, 1.54) is 17.3 Å². The van der Waals surface area contributed by atoms with E-state index in [-0.39, 0.29) is 18.2 Å². The molecule has 0 aromatic rings. The predicted molar refractivity (Wildman–Crippen MR) is 96.5 cm³/mol. The van der Waals surface area contributed by atoms with Crippen LogP contribution in [0.15, 0.2) is 10.6 Å². The summed E-state index contributed by atoms with van der Waals surface area (Å²) in [4.78, 5) is 14.8. The SMILES string of the molecule is CC(C)[C@@H]1CC[C@@H](C)C[C@H]1OC(=O)N1CC[C@H]2CC=C(Br)[C@@H]1C2. The zero-order valence-corrected chi connectivity index (χ0v) is 16.2. The number of rotatable bonds is 2. The van der Waals surface area contributed by atoms with E-state index >= 15 is 0 Å². The molecule has 0 unspecified atom stereocenters. The third kappa shape index (κ3) is 3.78. The normalized spacial score (nSPS) is 37.5. The van der Waals surface area contributed by atoms with Gasteiger partial charge in [0.15, 0.2) is 0 Å². The number of ether oxygens (including phenoxy) is 1. The van der Waals surface area contributed by atoms with Gasteiger partial charge in [-0.1, -0.05) is 49.2 Å². The molecule has 0 aromatic carbocycles. The molecule has 23 heavy (non-hydrogen) atoms. The van der Waals surface area contributed by atoms with Crippen LogP contribution >= 0.6 is 15.9 Å². The second-order valence-electron chi connectivity index (χ2n) is 8.17. The summed E-state index contributed by atoms with van der Waals surface area (Å²) < 4.78 is 7.22. The molecule has 3 aliphatic rings. The molecule has 3 nitrogen and oxygen atoms in total. The first kappa shape index (κ1) is 17.3. The van der Waals surface area contributed by atoms with Crippen LogP contribution in [-0.4, -0.2) is 29.7 Å².